The summed E-state index contributed by atoms with van der Waals surface area (Å²) in [5, 5.41) is 0. The number of hydrogen-bond donors (Lipinski definition) is 1. The Morgan fingerprint density at radius 3 is 2.00 bits per heavy atom. The van der Waals surface area contributed by atoms with Gasteiger partial charge in [0.1, 0.15) is 0 Å². The summed E-state index contributed by atoms with van der Waals surface area (Å²) in [5.41, 5.74) is 0. The van der Waals surface area contributed by atoms with E-state index in [1.807, 2.05) is 0 Å². The van der Waals surface area contributed by atoms with E-state index < -0.39 is 25.1 Å². The molecule has 0 spiro atoms. The standard InChI is InChI=1S/HO6P3/c1-7-4-8(2)6-9(3)5-7/h1H/q+2. The molecule has 0 radical (unpaired) electrons. The Kier molecular flexibility index (Phi) is 2.56. The molecule has 0 aromatic rings. The summed E-state index contributed by atoms with van der Waals surface area (Å²) in [7, 11) is -7.16. The minimum Gasteiger partial charge on any atom is -0.322 e. The van der Waals surface area contributed by atoms with Gasteiger partial charge in [0.25, 0.3) is 0 Å². The fourth-order valence-electron chi connectivity index (χ4n) is 0.213. The molecule has 50 valence electrons. The zero-order chi connectivity index (χ0) is 6.85. The van der Waals surface area contributed by atoms with E-state index in [9.17, 15) is 9.13 Å². The summed E-state index contributed by atoms with van der Waals surface area (Å²) >= 11 is 0. The second kappa shape index (κ2) is 3.04. The second-order valence-electron chi connectivity index (χ2n) is 0.930. The van der Waals surface area contributed by atoms with Gasteiger partial charge in [0.15, 0.2) is 4.31 Å². The maximum atomic E-state index is 10.2. The van der Waals surface area contributed by atoms with E-state index in [-0.39, 0.29) is 0 Å². The average molecular weight is 190 g/mol. The smallest absolute Gasteiger partial charge is 0.322 e. The van der Waals surface area contributed by atoms with Gasteiger partial charge in [-0.15, -0.1) is 0 Å². The van der Waals surface area contributed by atoms with Crippen molar-refractivity contribution in [2.75, 3.05) is 0 Å². The molecule has 9 heteroatoms. The Hall–Kier alpha value is 0.470. The van der Waals surface area contributed by atoms with Gasteiger partial charge in [0.2, 0.25) is 0 Å². The van der Waals surface area contributed by atoms with Crippen LogP contribution in [0.5, 0.6) is 0 Å². The molecule has 0 aromatic carbocycles. The van der Waals surface area contributed by atoms with E-state index in [1.165, 1.54) is 0 Å². The first-order valence-corrected chi connectivity index (χ1v) is 4.98. The van der Waals surface area contributed by atoms with E-state index in [0.717, 1.165) is 0 Å². The molecule has 2 unspecified atom stereocenters. The molecule has 6 nitrogen and oxygen atoms in total. The van der Waals surface area contributed by atoms with Crippen LogP contribution < -0.4 is 0 Å². The molecule has 1 heterocycles. The summed E-state index contributed by atoms with van der Waals surface area (Å²) < 4.78 is 32.5. The van der Waals surface area contributed by atoms with Gasteiger partial charge in [-0.25, -0.2) is 0 Å². The molecular weight excluding hydrogens is 189 g/mol. The summed E-state index contributed by atoms with van der Waals surface area (Å²) in [6.45, 7) is 0. The van der Waals surface area contributed by atoms with Crippen LogP contribution in [0.1, 0.15) is 0 Å². The van der Waals surface area contributed by atoms with Gasteiger partial charge in [-0.2, -0.15) is 0 Å². The van der Waals surface area contributed by atoms with Crippen LogP contribution in [0.2, 0.25) is 0 Å². The monoisotopic (exact) mass is 190 g/mol. The zero-order valence-corrected chi connectivity index (χ0v) is 6.51. The van der Waals surface area contributed by atoms with Gasteiger partial charge in [-0.3, -0.25) is 0 Å². The molecule has 0 saturated carbocycles. The molecule has 1 N–H and O–H groups in total. The molecule has 1 aliphatic rings. The number of rotatable bonds is 0. The highest BCUT2D eigenvalue weighted by atomic mass is 31.3. The van der Waals surface area contributed by atoms with E-state index in [4.69, 9.17) is 4.89 Å². The minimum atomic E-state index is -2.45. The lowest BCUT2D eigenvalue weighted by atomic mass is 15.7. The van der Waals surface area contributed by atoms with Crippen molar-refractivity contribution in [3.05, 3.63) is 0 Å². The topological polar surface area (TPSA) is 82.1 Å². The molecule has 0 amide bonds. The minimum absolute atomic E-state index is 2.26. The predicted octanol–water partition coefficient (Wildman–Crippen LogP) is 1.58. The molecule has 2 atom stereocenters. The van der Waals surface area contributed by atoms with Crippen LogP contribution in [0.3, 0.4) is 0 Å². The zero-order valence-electron chi connectivity index (χ0n) is 3.83. The third kappa shape index (κ3) is 2.28. The maximum Gasteiger partial charge on any atom is 0.756 e. The quantitative estimate of drug-likeness (QED) is 0.583. The van der Waals surface area contributed by atoms with Gasteiger partial charge in [0, 0.05) is 9.13 Å². The van der Waals surface area contributed by atoms with Gasteiger partial charge in [-0.1, -0.05) is 0 Å². The number of hydrogen-bond acceptors (Lipinski definition) is 6. The van der Waals surface area contributed by atoms with Crippen LogP contribution >= 0.6 is 25.1 Å². The van der Waals surface area contributed by atoms with Gasteiger partial charge >= 0.3 is 25.1 Å². The highest BCUT2D eigenvalue weighted by molar-refractivity contribution is 7.63. The molecule has 1 aliphatic heterocycles. The lowest BCUT2D eigenvalue weighted by molar-refractivity contribution is 0.304. The van der Waals surface area contributed by atoms with Crippen molar-refractivity contribution < 1.29 is 27.0 Å². The molecule has 0 aliphatic carbocycles. The fraction of sp³-hybridized carbons (Fsp3) is 0. The fourth-order valence-corrected chi connectivity index (χ4v) is 2.72. The van der Waals surface area contributed by atoms with Gasteiger partial charge < -0.3 is 4.89 Å². The molecule has 0 aromatic heterocycles. The Balaban J connectivity index is 2.53. The predicted molar refractivity (Wildman–Crippen MR) is 27.6 cm³/mol. The van der Waals surface area contributed by atoms with Crippen molar-refractivity contribution >= 4 is 25.1 Å². The van der Waals surface area contributed by atoms with Crippen LogP contribution in [0.15, 0.2) is 0 Å². The first kappa shape index (κ1) is 7.58. The summed E-state index contributed by atoms with van der Waals surface area (Å²) in [5.74, 6) is 0. The van der Waals surface area contributed by atoms with Crippen LogP contribution in [-0.2, 0) is 22.1 Å². The molecular formula is HO6P3+2. The maximum absolute atomic E-state index is 10.2. The summed E-state index contributed by atoms with van der Waals surface area (Å²) in [6, 6.07) is 0. The largest absolute Gasteiger partial charge is 0.756 e. The van der Waals surface area contributed by atoms with Crippen molar-refractivity contribution in [2.45, 2.75) is 0 Å². The summed E-state index contributed by atoms with van der Waals surface area (Å²) in [4.78, 5) is 8.42. The Morgan fingerprint density at radius 2 is 1.67 bits per heavy atom. The van der Waals surface area contributed by atoms with Crippen LogP contribution in [0, 0.1) is 0 Å². The normalized spacial score (nSPS) is 36.8. The molecule has 0 bridgehead atoms. The van der Waals surface area contributed by atoms with Crippen LogP contribution in [0.4, 0.5) is 0 Å². The lowest BCUT2D eigenvalue weighted by Crippen LogP contribution is -1.83. The van der Waals surface area contributed by atoms with Gasteiger partial charge in [0.05, 0.1) is 0 Å². The first-order chi connectivity index (χ1) is 4.18. The van der Waals surface area contributed by atoms with Crippen molar-refractivity contribution in [3.8, 4) is 0 Å². The molecule has 1 fully saturated rings. The molecule has 1 saturated heterocycles. The summed E-state index contributed by atoms with van der Waals surface area (Å²) in [6.07, 6.45) is 0. The highest BCUT2D eigenvalue weighted by Gasteiger charge is 2.53. The molecule has 9 heavy (non-hydrogen) atoms. The van der Waals surface area contributed by atoms with E-state index >= 15 is 0 Å². The average Bonchev–Trinajstić information content (AvgIpc) is 1.59. The SMILES string of the molecule is O=[P+]1OP(O)O[P+](=O)O1. The lowest BCUT2D eigenvalue weighted by Gasteiger charge is -1.90. The van der Waals surface area contributed by atoms with Crippen molar-refractivity contribution in [1.82, 2.24) is 0 Å². The highest BCUT2D eigenvalue weighted by Crippen LogP contribution is 2.61. The van der Waals surface area contributed by atoms with E-state index in [1.54, 1.807) is 0 Å². The van der Waals surface area contributed by atoms with Crippen LogP contribution in [0.25, 0.3) is 0 Å². The Morgan fingerprint density at radius 1 is 1.22 bits per heavy atom. The third-order valence-corrected chi connectivity index (χ3v) is 3.66. The third-order valence-electron chi connectivity index (χ3n) is 0.406. The first-order valence-electron chi connectivity index (χ1n) is 1.66. The van der Waals surface area contributed by atoms with Crippen LogP contribution in [-0.4, -0.2) is 4.89 Å². The van der Waals surface area contributed by atoms with E-state index in [0.29, 0.717) is 0 Å². The Bertz CT molecular complexity index is 134. The van der Waals surface area contributed by atoms with Crippen molar-refractivity contribution in [2.24, 2.45) is 0 Å². The van der Waals surface area contributed by atoms with Crippen molar-refractivity contribution in [3.63, 3.8) is 0 Å². The van der Waals surface area contributed by atoms with Gasteiger partial charge in [-0.05, 0) is 8.62 Å². The molecule has 1 rings (SSSR count). The Labute approximate surface area is 53.0 Å². The van der Waals surface area contributed by atoms with E-state index in [2.05, 4.69) is 12.9 Å². The second-order valence-corrected chi connectivity index (χ2v) is 4.26. The van der Waals surface area contributed by atoms with Crippen molar-refractivity contribution in [1.29, 1.82) is 0 Å².